The standard InChI is InChI=1S/C13H21N3O3S/c1-2-14-13-7-6-12(10-15-13)20(17,18)16-9-11-5-3-4-8-19-11/h6-7,10-11,16H,2-5,8-9H2,1H3,(H,14,15). The quantitative estimate of drug-likeness (QED) is 0.829. The van der Waals surface area contributed by atoms with Crippen molar-refractivity contribution in [3.8, 4) is 0 Å². The smallest absolute Gasteiger partial charge is 0.242 e. The number of nitrogens with one attached hydrogen (secondary N) is 2. The van der Waals surface area contributed by atoms with Crippen molar-refractivity contribution in [1.82, 2.24) is 9.71 Å². The molecule has 1 aliphatic heterocycles. The van der Waals surface area contributed by atoms with Crippen molar-refractivity contribution in [2.45, 2.75) is 37.2 Å². The highest BCUT2D eigenvalue weighted by Crippen LogP contribution is 2.14. The number of nitrogens with zero attached hydrogens (tertiary/aromatic N) is 1. The first-order valence-electron chi connectivity index (χ1n) is 6.93. The highest BCUT2D eigenvalue weighted by Gasteiger charge is 2.19. The summed E-state index contributed by atoms with van der Waals surface area (Å²) >= 11 is 0. The van der Waals surface area contributed by atoms with Gasteiger partial charge in [-0.15, -0.1) is 0 Å². The number of anilines is 1. The molecule has 0 saturated carbocycles. The van der Waals surface area contributed by atoms with Gasteiger partial charge < -0.3 is 10.1 Å². The van der Waals surface area contributed by atoms with E-state index in [1.165, 1.54) is 6.20 Å². The number of hydrogen-bond acceptors (Lipinski definition) is 5. The van der Waals surface area contributed by atoms with E-state index in [0.29, 0.717) is 19.0 Å². The van der Waals surface area contributed by atoms with Crippen molar-refractivity contribution in [3.05, 3.63) is 18.3 Å². The fourth-order valence-corrected chi connectivity index (χ4v) is 3.09. The minimum Gasteiger partial charge on any atom is -0.377 e. The Hall–Kier alpha value is -1.18. The maximum atomic E-state index is 12.1. The third-order valence-electron chi connectivity index (χ3n) is 3.18. The third-order valence-corrected chi connectivity index (χ3v) is 4.59. The van der Waals surface area contributed by atoms with Crippen LogP contribution in [-0.4, -0.2) is 39.2 Å². The van der Waals surface area contributed by atoms with E-state index in [2.05, 4.69) is 15.0 Å². The van der Waals surface area contributed by atoms with Crippen LogP contribution in [0.3, 0.4) is 0 Å². The minimum atomic E-state index is -3.51. The van der Waals surface area contributed by atoms with Crippen LogP contribution >= 0.6 is 0 Å². The Labute approximate surface area is 120 Å². The molecule has 0 spiro atoms. The molecule has 1 aromatic rings. The molecule has 7 heteroatoms. The lowest BCUT2D eigenvalue weighted by atomic mass is 10.1. The monoisotopic (exact) mass is 299 g/mol. The van der Waals surface area contributed by atoms with Crippen molar-refractivity contribution < 1.29 is 13.2 Å². The van der Waals surface area contributed by atoms with E-state index in [1.54, 1.807) is 12.1 Å². The van der Waals surface area contributed by atoms with E-state index in [4.69, 9.17) is 4.74 Å². The second-order valence-electron chi connectivity index (χ2n) is 4.75. The van der Waals surface area contributed by atoms with E-state index >= 15 is 0 Å². The molecule has 1 aliphatic rings. The van der Waals surface area contributed by atoms with Gasteiger partial charge in [-0.2, -0.15) is 0 Å². The van der Waals surface area contributed by atoms with Gasteiger partial charge in [-0.25, -0.2) is 18.1 Å². The number of sulfonamides is 1. The van der Waals surface area contributed by atoms with Gasteiger partial charge in [-0.1, -0.05) is 0 Å². The van der Waals surface area contributed by atoms with Gasteiger partial charge in [0.1, 0.15) is 10.7 Å². The van der Waals surface area contributed by atoms with Crippen molar-refractivity contribution in [3.63, 3.8) is 0 Å². The normalized spacial score (nSPS) is 19.8. The summed E-state index contributed by atoms with van der Waals surface area (Å²) in [5.41, 5.74) is 0. The zero-order valence-corrected chi connectivity index (χ0v) is 12.4. The summed E-state index contributed by atoms with van der Waals surface area (Å²) in [4.78, 5) is 4.24. The van der Waals surface area contributed by atoms with Crippen LogP contribution in [0.15, 0.2) is 23.2 Å². The van der Waals surface area contributed by atoms with Gasteiger partial charge in [0.2, 0.25) is 10.0 Å². The molecule has 1 fully saturated rings. The molecule has 6 nitrogen and oxygen atoms in total. The van der Waals surface area contributed by atoms with Gasteiger partial charge in [0.15, 0.2) is 0 Å². The number of ether oxygens (including phenoxy) is 1. The summed E-state index contributed by atoms with van der Waals surface area (Å²) in [6.07, 6.45) is 4.39. The Bertz CT molecular complexity index is 510. The van der Waals surface area contributed by atoms with E-state index in [9.17, 15) is 8.42 Å². The number of aromatic nitrogens is 1. The first kappa shape index (κ1) is 15.2. The van der Waals surface area contributed by atoms with Gasteiger partial charge in [0.05, 0.1) is 6.10 Å². The molecule has 0 radical (unpaired) electrons. The van der Waals surface area contributed by atoms with Crippen LogP contribution in [0.4, 0.5) is 5.82 Å². The van der Waals surface area contributed by atoms with E-state index in [-0.39, 0.29) is 11.0 Å². The molecule has 2 N–H and O–H groups in total. The molecule has 1 aromatic heterocycles. The van der Waals surface area contributed by atoms with Crippen molar-refractivity contribution in [2.24, 2.45) is 0 Å². The van der Waals surface area contributed by atoms with Crippen molar-refractivity contribution in [2.75, 3.05) is 25.0 Å². The topological polar surface area (TPSA) is 80.3 Å². The lowest BCUT2D eigenvalue weighted by Crippen LogP contribution is -2.35. The fourth-order valence-electron chi connectivity index (χ4n) is 2.08. The fraction of sp³-hybridized carbons (Fsp3) is 0.615. The van der Waals surface area contributed by atoms with Gasteiger partial charge in [0, 0.05) is 25.9 Å². The summed E-state index contributed by atoms with van der Waals surface area (Å²) < 4.78 is 32.3. The Morgan fingerprint density at radius 3 is 2.85 bits per heavy atom. The molecule has 1 atom stereocenters. The predicted molar refractivity (Wildman–Crippen MR) is 77.2 cm³/mol. The summed E-state index contributed by atoms with van der Waals surface area (Å²) in [7, 11) is -3.51. The number of hydrogen-bond donors (Lipinski definition) is 2. The Morgan fingerprint density at radius 1 is 1.40 bits per heavy atom. The average molecular weight is 299 g/mol. The zero-order valence-electron chi connectivity index (χ0n) is 11.6. The zero-order chi connectivity index (χ0) is 14.4. The molecule has 20 heavy (non-hydrogen) atoms. The summed E-state index contributed by atoms with van der Waals surface area (Å²) in [5.74, 6) is 0.669. The van der Waals surface area contributed by atoms with E-state index in [1.807, 2.05) is 6.92 Å². The van der Waals surface area contributed by atoms with Crippen molar-refractivity contribution in [1.29, 1.82) is 0 Å². The van der Waals surface area contributed by atoms with E-state index in [0.717, 1.165) is 25.8 Å². The molecule has 1 saturated heterocycles. The second-order valence-corrected chi connectivity index (χ2v) is 6.52. The van der Waals surface area contributed by atoms with Crippen LogP contribution in [-0.2, 0) is 14.8 Å². The van der Waals surface area contributed by atoms with Gasteiger partial charge in [-0.3, -0.25) is 0 Å². The Balaban J connectivity index is 1.94. The molecular formula is C13H21N3O3S. The molecule has 0 aromatic carbocycles. The highest BCUT2D eigenvalue weighted by molar-refractivity contribution is 7.89. The van der Waals surface area contributed by atoms with Crippen LogP contribution in [0.1, 0.15) is 26.2 Å². The van der Waals surface area contributed by atoms with Gasteiger partial charge >= 0.3 is 0 Å². The lowest BCUT2D eigenvalue weighted by Gasteiger charge is -2.22. The number of rotatable bonds is 6. The molecule has 2 rings (SSSR count). The molecule has 2 heterocycles. The molecule has 1 unspecified atom stereocenters. The van der Waals surface area contributed by atoms with E-state index < -0.39 is 10.0 Å². The number of pyridine rings is 1. The van der Waals surface area contributed by atoms with Crippen LogP contribution in [0.2, 0.25) is 0 Å². The van der Waals surface area contributed by atoms with Crippen molar-refractivity contribution >= 4 is 15.8 Å². The minimum absolute atomic E-state index is 0.0208. The maximum absolute atomic E-state index is 12.1. The van der Waals surface area contributed by atoms with Crippen LogP contribution in [0, 0.1) is 0 Å². The first-order valence-corrected chi connectivity index (χ1v) is 8.41. The Kier molecular flexibility index (Phi) is 5.33. The second kappa shape index (κ2) is 7.01. The van der Waals surface area contributed by atoms with Gasteiger partial charge in [-0.05, 0) is 38.3 Å². The maximum Gasteiger partial charge on any atom is 0.242 e. The highest BCUT2D eigenvalue weighted by atomic mass is 32.2. The lowest BCUT2D eigenvalue weighted by molar-refractivity contribution is 0.0200. The van der Waals surface area contributed by atoms with Gasteiger partial charge in [0.25, 0.3) is 0 Å². The summed E-state index contributed by atoms with van der Waals surface area (Å²) in [6.45, 7) is 3.73. The average Bonchev–Trinajstić information content (AvgIpc) is 2.47. The Morgan fingerprint density at radius 2 is 2.25 bits per heavy atom. The summed E-state index contributed by atoms with van der Waals surface area (Å²) in [5, 5.41) is 3.02. The van der Waals surface area contributed by atoms with Crippen LogP contribution < -0.4 is 10.0 Å². The summed E-state index contributed by atoms with van der Waals surface area (Å²) in [6, 6.07) is 3.21. The molecule has 112 valence electrons. The third kappa shape index (κ3) is 4.16. The van der Waals surface area contributed by atoms with Crippen LogP contribution in [0.5, 0.6) is 0 Å². The molecule has 0 aliphatic carbocycles. The largest absolute Gasteiger partial charge is 0.377 e. The van der Waals surface area contributed by atoms with Crippen LogP contribution in [0.25, 0.3) is 0 Å². The SMILES string of the molecule is CCNc1ccc(S(=O)(=O)NCC2CCCCO2)cn1. The predicted octanol–water partition coefficient (Wildman–Crippen LogP) is 1.36. The molecular weight excluding hydrogens is 278 g/mol. The molecule has 0 amide bonds. The first-order chi connectivity index (χ1) is 9.62. The molecule has 0 bridgehead atoms.